The highest BCUT2D eigenvalue weighted by Gasteiger charge is 1.91. The van der Waals surface area contributed by atoms with E-state index < -0.39 is 6.03 Å². The zero-order valence-electron chi connectivity index (χ0n) is 5.91. The number of nitrogens with two attached hydrogens (primary N) is 2. The van der Waals surface area contributed by atoms with Crippen LogP contribution in [0.5, 0.6) is 0 Å². The van der Waals surface area contributed by atoms with E-state index in [-0.39, 0.29) is 18.4 Å². The summed E-state index contributed by atoms with van der Waals surface area (Å²) in [6, 6.07) is -0.717. The lowest BCUT2D eigenvalue weighted by Gasteiger charge is -1.97. The predicted molar refractivity (Wildman–Crippen MR) is 46.7 cm³/mol. The molecule has 0 aliphatic heterocycles. The third kappa shape index (κ3) is 8.77. The van der Waals surface area contributed by atoms with E-state index in [4.69, 9.17) is 11.5 Å². The van der Waals surface area contributed by atoms with Crippen LogP contribution < -0.4 is 16.8 Å². The summed E-state index contributed by atoms with van der Waals surface area (Å²) in [6.07, 6.45) is 1.55. The highest BCUT2D eigenvalue weighted by Crippen LogP contribution is 1.68. The Hall–Kier alpha value is -1.23. The van der Waals surface area contributed by atoms with Crippen LogP contribution >= 0.6 is 12.4 Å². The quantitative estimate of drug-likeness (QED) is 0.304. The number of nitrogens with zero attached hydrogens (tertiary/aromatic N) is 1. The second kappa shape index (κ2) is 6.88. The van der Waals surface area contributed by atoms with Gasteiger partial charge in [0.05, 0.1) is 6.54 Å². The molecule has 6 heteroatoms. The van der Waals surface area contributed by atoms with Crippen LogP contribution in [0.15, 0.2) is 17.6 Å². The van der Waals surface area contributed by atoms with Crippen LogP contribution in [0.2, 0.25) is 0 Å². The van der Waals surface area contributed by atoms with Crippen molar-refractivity contribution in [2.75, 3.05) is 6.54 Å². The summed E-state index contributed by atoms with van der Waals surface area (Å²) in [5.74, 6) is 0.00685. The maximum atomic E-state index is 10.1. The fourth-order valence-electron chi connectivity index (χ4n) is 0.329. The van der Waals surface area contributed by atoms with Crippen LogP contribution in [-0.2, 0) is 0 Å². The van der Waals surface area contributed by atoms with Gasteiger partial charge in [0.1, 0.15) is 0 Å². The van der Waals surface area contributed by atoms with E-state index in [1.165, 1.54) is 0 Å². The number of nitrogens with one attached hydrogen (secondary N) is 1. The molecule has 64 valence electrons. The monoisotopic (exact) mass is 178 g/mol. The molecule has 5 nitrogen and oxygen atoms in total. The molecule has 0 aromatic rings. The van der Waals surface area contributed by atoms with E-state index in [9.17, 15) is 4.79 Å². The number of amides is 2. The van der Waals surface area contributed by atoms with Gasteiger partial charge in [-0.25, -0.2) is 9.79 Å². The summed E-state index contributed by atoms with van der Waals surface area (Å²) in [7, 11) is 0. The van der Waals surface area contributed by atoms with E-state index >= 15 is 0 Å². The van der Waals surface area contributed by atoms with Crippen molar-refractivity contribution in [1.82, 2.24) is 5.32 Å². The Morgan fingerprint density at radius 1 is 1.64 bits per heavy atom. The van der Waals surface area contributed by atoms with Crippen molar-refractivity contribution >= 4 is 24.4 Å². The molecular weight excluding hydrogens is 168 g/mol. The van der Waals surface area contributed by atoms with Gasteiger partial charge in [0.2, 0.25) is 0 Å². The first-order valence-electron chi connectivity index (χ1n) is 2.64. The molecule has 0 fully saturated rings. The molecule has 0 aromatic carbocycles. The molecule has 0 aromatic heterocycles. The van der Waals surface area contributed by atoms with Crippen LogP contribution in [0.3, 0.4) is 0 Å². The number of hydrogen-bond donors (Lipinski definition) is 3. The Bertz CT molecular complexity index is 168. The molecule has 0 aliphatic carbocycles. The van der Waals surface area contributed by atoms with Gasteiger partial charge in [0, 0.05) is 0 Å². The lowest BCUT2D eigenvalue weighted by atomic mass is 10.6. The molecule has 0 radical (unpaired) electrons. The normalized spacial score (nSPS) is 9.64. The van der Waals surface area contributed by atoms with Crippen molar-refractivity contribution in [2.24, 2.45) is 16.5 Å². The fraction of sp³-hybridized carbons (Fsp3) is 0.200. The highest BCUT2D eigenvalue weighted by atomic mass is 35.5. The van der Waals surface area contributed by atoms with Crippen LogP contribution in [0.25, 0.3) is 0 Å². The number of guanidine groups is 1. The summed E-state index contributed by atoms with van der Waals surface area (Å²) in [5, 5.41) is 2.10. The van der Waals surface area contributed by atoms with Gasteiger partial charge in [-0.2, -0.15) is 0 Å². The Balaban J connectivity index is 0. The minimum atomic E-state index is -0.717. The SMILES string of the molecule is C=CCN=C(N)NC(N)=O.Cl. The Morgan fingerprint density at radius 2 is 2.18 bits per heavy atom. The molecule has 0 aliphatic rings. The summed E-state index contributed by atoms with van der Waals surface area (Å²) in [5.41, 5.74) is 9.88. The van der Waals surface area contributed by atoms with Gasteiger partial charge < -0.3 is 11.5 Å². The molecule has 0 saturated carbocycles. The average Bonchev–Trinajstić information content (AvgIpc) is 1.82. The van der Waals surface area contributed by atoms with Crippen LogP contribution in [0, 0.1) is 0 Å². The van der Waals surface area contributed by atoms with Crippen LogP contribution in [0.4, 0.5) is 4.79 Å². The molecule has 0 unspecified atom stereocenters. The number of halogens is 1. The van der Waals surface area contributed by atoms with Gasteiger partial charge in [-0.05, 0) is 0 Å². The van der Waals surface area contributed by atoms with Gasteiger partial charge in [0.15, 0.2) is 5.96 Å². The van der Waals surface area contributed by atoms with Crippen molar-refractivity contribution in [3.05, 3.63) is 12.7 Å². The average molecular weight is 179 g/mol. The largest absolute Gasteiger partial charge is 0.370 e. The minimum Gasteiger partial charge on any atom is -0.370 e. The molecular formula is C5H11ClN4O. The summed E-state index contributed by atoms with van der Waals surface area (Å²) >= 11 is 0. The number of carbonyl (C=O) groups excluding carboxylic acids is 1. The van der Waals surface area contributed by atoms with E-state index in [1.807, 2.05) is 0 Å². The first-order chi connectivity index (χ1) is 4.66. The Kier molecular flexibility index (Phi) is 7.79. The van der Waals surface area contributed by atoms with Gasteiger partial charge in [-0.15, -0.1) is 19.0 Å². The summed E-state index contributed by atoms with van der Waals surface area (Å²) in [6.45, 7) is 3.77. The minimum absolute atomic E-state index is 0. The topological polar surface area (TPSA) is 93.5 Å². The van der Waals surface area contributed by atoms with E-state index in [0.717, 1.165) is 0 Å². The number of rotatable bonds is 2. The zero-order valence-corrected chi connectivity index (χ0v) is 6.73. The first kappa shape index (κ1) is 12.4. The van der Waals surface area contributed by atoms with Crippen molar-refractivity contribution in [3.63, 3.8) is 0 Å². The molecule has 0 saturated heterocycles. The Morgan fingerprint density at radius 3 is 2.55 bits per heavy atom. The lowest BCUT2D eigenvalue weighted by Crippen LogP contribution is -2.40. The summed E-state index contributed by atoms with van der Waals surface area (Å²) in [4.78, 5) is 13.7. The van der Waals surface area contributed by atoms with Crippen molar-refractivity contribution in [2.45, 2.75) is 0 Å². The van der Waals surface area contributed by atoms with Gasteiger partial charge >= 0.3 is 6.03 Å². The second-order valence-electron chi connectivity index (χ2n) is 1.50. The fourth-order valence-corrected chi connectivity index (χ4v) is 0.329. The van der Waals surface area contributed by atoms with Crippen LogP contribution in [0.1, 0.15) is 0 Å². The zero-order chi connectivity index (χ0) is 7.98. The molecule has 11 heavy (non-hydrogen) atoms. The molecule has 2 amide bonds. The molecule has 0 spiro atoms. The van der Waals surface area contributed by atoms with Gasteiger partial charge in [-0.1, -0.05) is 6.08 Å². The number of primary amides is 1. The first-order valence-corrected chi connectivity index (χ1v) is 2.64. The van der Waals surface area contributed by atoms with Crippen molar-refractivity contribution in [3.8, 4) is 0 Å². The molecule has 5 N–H and O–H groups in total. The standard InChI is InChI=1S/C5H10N4O.ClH/c1-2-3-8-4(6)9-5(7)10;/h2H,1,3H2,(H5,6,7,8,9,10);1H. The third-order valence-electron chi connectivity index (χ3n) is 0.642. The number of carbonyl (C=O) groups is 1. The lowest BCUT2D eigenvalue weighted by molar-refractivity contribution is 0.253. The third-order valence-corrected chi connectivity index (χ3v) is 0.642. The number of aliphatic imine (C=N–C) groups is 1. The van der Waals surface area contributed by atoms with Crippen LogP contribution in [-0.4, -0.2) is 18.5 Å². The maximum absolute atomic E-state index is 10.1. The maximum Gasteiger partial charge on any atom is 0.318 e. The predicted octanol–water partition coefficient (Wildman–Crippen LogP) is -0.423. The second-order valence-corrected chi connectivity index (χ2v) is 1.50. The smallest absolute Gasteiger partial charge is 0.318 e. The molecule has 0 heterocycles. The highest BCUT2D eigenvalue weighted by molar-refractivity contribution is 5.94. The van der Waals surface area contributed by atoms with E-state index in [0.29, 0.717) is 6.54 Å². The number of hydrogen-bond acceptors (Lipinski definition) is 2. The van der Waals surface area contributed by atoms with Gasteiger partial charge in [-0.3, -0.25) is 5.32 Å². The van der Waals surface area contributed by atoms with Gasteiger partial charge in [0.25, 0.3) is 0 Å². The summed E-state index contributed by atoms with van der Waals surface area (Å²) < 4.78 is 0. The molecule has 0 rings (SSSR count). The van der Waals surface area contributed by atoms with E-state index in [1.54, 1.807) is 6.08 Å². The molecule has 0 atom stereocenters. The van der Waals surface area contributed by atoms with Crippen molar-refractivity contribution in [1.29, 1.82) is 0 Å². The molecule has 0 bridgehead atoms. The van der Waals surface area contributed by atoms with E-state index in [2.05, 4.69) is 16.9 Å². The number of urea groups is 1. The Labute approximate surface area is 70.9 Å². The van der Waals surface area contributed by atoms with Crippen molar-refractivity contribution < 1.29 is 4.79 Å².